The molecule has 1 heterocycles. The quantitative estimate of drug-likeness (QED) is 0.856. The Kier molecular flexibility index (Phi) is 5.91. The fourth-order valence-corrected chi connectivity index (χ4v) is 3.54. The van der Waals surface area contributed by atoms with E-state index in [-0.39, 0.29) is 12.0 Å². The first-order chi connectivity index (χ1) is 12.1. The predicted molar refractivity (Wildman–Crippen MR) is 91.8 cm³/mol. The molecule has 1 aliphatic heterocycles. The topological polar surface area (TPSA) is 76.1 Å². The molecule has 1 saturated carbocycles. The zero-order valence-corrected chi connectivity index (χ0v) is 14.4. The Morgan fingerprint density at radius 2 is 1.76 bits per heavy atom. The van der Waals surface area contributed by atoms with Gasteiger partial charge in [-0.15, -0.1) is 0 Å². The Morgan fingerprint density at radius 3 is 2.44 bits per heavy atom. The van der Waals surface area contributed by atoms with Crippen LogP contribution < -0.4 is 4.74 Å². The van der Waals surface area contributed by atoms with E-state index in [0.717, 1.165) is 12.8 Å². The van der Waals surface area contributed by atoms with E-state index in [1.54, 1.807) is 24.3 Å². The van der Waals surface area contributed by atoms with E-state index in [4.69, 9.17) is 14.6 Å². The maximum Gasteiger partial charge on any atom is 0.341 e. The molecule has 1 saturated heterocycles. The number of hydrogen-bond donors (Lipinski definition) is 1. The van der Waals surface area contributed by atoms with Gasteiger partial charge >= 0.3 is 5.97 Å². The van der Waals surface area contributed by atoms with Gasteiger partial charge in [-0.25, -0.2) is 4.79 Å². The standard InChI is InChI=1S/C19H25NO5/c21-18(22)13-24-17-7-3-4-14(12-17)19(23)20-10-8-16(9-11-20)25-15-5-1-2-6-15/h3-4,7,12,15-16H,1-2,5-6,8-11,13H2,(H,21,22). The molecular weight excluding hydrogens is 322 g/mol. The highest BCUT2D eigenvalue weighted by molar-refractivity contribution is 5.94. The summed E-state index contributed by atoms with van der Waals surface area (Å²) in [4.78, 5) is 25.1. The molecule has 3 rings (SSSR count). The molecule has 136 valence electrons. The molecule has 0 bridgehead atoms. The van der Waals surface area contributed by atoms with Crippen LogP contribution in [-0.4, -0.2) is 53.8 Å². The predicted octanol–water partition coefficient (Wildman–Crippen LogP) is 2.71. The van der Waals surface area contributed by atoms with E-state index in [9.17, 15) is 9.59 Å². The first kappa shape index (κ1) is 17.7. The van der Waals surface area contributed by atoms with Gasteiger partial charge in [-0.2, -0.15) is 0 Å². The summed E-state index contributed by atoms with van der Waals surface area (Å²) in [6.45, 7) is 0.967. The van der Waals surface area contributed by atoms with Gasteiger partial charge in [-0.1, -0.05) is 18.9 Å². The second-order valence-corrected chi connectivity index (χ2v) is 6.74. The summed E-state index contributed by atoms with van der Waals surface area (Å²) in [5.74, 6) is -0.686. The van der Waals surface area contributed by atoms with E-state index in [1.165, 1.54) is 25.7 Å². The number of carbonyl (C=O) groups excluding carboxylic acids is 1. The highest BCUT2D eigenvalue weighted by Crippen LogP contribution is 2.26. The van der Waals surface area contributed by atoms with Crippen molar-refractivity contribution in [1.29, 1.82) is 0 Å². The minimum atomic E-state index is -1.04. The number of ether oxygens (including phenoxy) is 2. The molecule has 1 aliphatic carbocycles. The van der Waals surface area contributed by atoms with Gasteiger partial charge < -0.3 is 19.5 Å². The van der Waals surface area contributed by atoms with Crippen LogP contribution in [0.1, 0.15) is 48.9 Å². The number of amides is 1. The van der Waals surface area contributed by atoms with E-state index < -0.39 is 12.6 Å². The first-order valence-corrected chi connectivity index (χ1v) is 9.01. The van der Waals surface area contributed by atoms with Gasteiger partial charge in [0.1, 0.15) is 5.75 Å². The molecule has 6 nitrogen and oxygen atoms in total. The lowest BCUT2D eigenvalue weighted by atomic mass is 10.1. The number of rotatable bonds is 6. The van der Waals surface area contributed by atoms with Crippen molar-refractivity contribution in [2.75, 3.05) is 19.7 Å². The number of nitrogens with zero attached hydrogens (tertiary/aromatic N) is 1. The zero-order chi connectivity index (χ0) is 17.6. The summed E-state index contributed by atoms with van der Waals surface area (Å²) in [5, 5.41) is 8.67. The normalized spacial score (nSPS) is 19.1. The fourth-order valence-electron chi connectivity index (χ4n) is 3.54. The smallest absolute Gasteiger partial charge is 0.341 e. The first-order valence-electron chi connectivity index (χ1n) is 9.01. The van der Waals surface area contributed by atoms with Crippen LogP contribution in [0.3, 0.4) is 0 Å². The van der Waals surface area contributed by atoms with Crippen LogP contribution in [0.4, 0.5) is 0 Å². The molecule has 1 N–H and O–H groups in total. The molecule has 1 aromatic rings. The minimum Gasteiger partial charge on any atom is -0.482 e. The summed E-state index contributed by atoms with van der Waals surface area (Å²) < 4.78 is 11.3. The number of aliphatic carboxylic acids is 1. The van der Waals surface area contributed by atoms with Crippen LogP contribution in [0.25, 0.3) is 0 Å². The van der Waals surface area contributed by atoms with Crippen molar-refractivity contribution in [3.63, 3.8) is 0 Å². The third-order valence-corrected chi connectivity index (χ3v) is 4.86. The van der Waals surface area contributed by atoms with E-state index >= 15 is 0 Å². The molecule has 1 amide bonds. The summed E-state index contributed by atoms with van der Waals surface area (Å²) in [6.07, 6.45) is 7.29. The number of carboxylic acids is 1. The van der Waals surface area contributed by atoms with Crippen LogP contribution >= 0.6 is 0 Å². The van der Waals surface area contributed by atoms with E-state index in [2.05, 4.69) is 0 Å². The summed E-state index contributed by atoms with van der Waals surface area (Å²) in [5.41, 5.74) is 0.526. The Labute approximate surface area is 147 Å². The second kappa shape index (κ2) is 8.34. The average molecular weight is 347 g/mol. The maximum atomic E-state index is 12.7. The average Bonchev–Trinajstić information content (AvgIpc) is 3.13. The van der Waals surface area contributed by atoms with E-state index in [0.29, 0.717) is 30.5 Å². The Morgan fingerprint density at radius 1 is 1.08 bits per heavy atom. The van der Waals surface area contributed by atoms with Gasteiger partial charge in [0.05, 0.1) is 12.2 Å². The maximum absolute atomic E-state index is 12.7. The van der Waals surface area contributed by atoms with Gasteiger partial charge in [0.2, 0.25) is 0 Å². The van der Waals surface area contributed by atoms with Crippen molar-refractivity contribution in [3.05, 3.63) is 29.8 Å². The van der Waals surface area contributed by atoms with Crippen LogP contribution in [0.15, 0.2) is 24.3 Å². The lowest BCUT2D eigenvalue weighted by molar-refractivity contribution is -0.139. The fraction of sp³-hybridized carbons (Fsp3) is 0.579. The summed E-state index contributed by atoms with van der Waals surface area (Å²) in [7, 11) is 0. The van der Waals surface area contributed by atoms with Gasteiger partial charge in [-0.3, -0.25) is 4.79 Å². The van der Waals surface area contributed by atoms with Crippen molar-refractivity contribution in [2.45, 2.75) is 50.7 Å². The van der Waals surface area contributed by atoms with Crippen LogP contribution in [-0.2, 0) is 9.53 Å². The largest absolute Gasteiger partial charge is 0.482 e. The molecule has 0 atom stereocenters. The van der Waals surface area contributed by atoms with Crippen molar-refractivity contribution in [3.8, 4) is 5.75 Å². The van der Waals surface area contributed by atoms with Crippen molar-refractivity contribution in [1.82, 2.24) is 4.90 Å². The molecule has 0 radical (unpaired) electrons. The highest BCUT2D eigenvalue weighted by Gasteiger charge is 2.27. The van der Waals surface area contributed by atoms with E-state index in [1.807, 2.05) is 4.90 Å². The zero-order valence-electron chi connectivity index (χ0n) is 14.4. The number of benzene rings is 1. The van der Waals surface area contributed by atoms with Crippen molar-refractivity contribution < 1.29 is 24.2 Å². The third kappa shape index (κ3) is 4.95. The molecule has 0 aromatic heterocycles. The monoisotopic (exact) mass is 347 g/mol. The molecule has 0 unspecified atom stereocenters. The minimum absolute atomic E-state index is 0.0416. The number of hydrogen-bond acceptors (Lipinski definition) is 4. The highest BCUT2D eigenvalue weighted by atomic mass is 16.5. The lowest BCUT2D eigenvalue weighted by Crippen LogP contribution is -2.41. The number of carbonyl (C=O) groups is 2. The Hall–Kier alpha value is -2.08. The van der Waals surface area contributed by atoms with Gasteiger partial charge in [0.25, 0.3) is 5.91 Å². The number of likely N-dealkylation sites (tertiary alicyclic amines) is 1. The molecule has 2 fully saturated rings. The van der Waals surface area contributed by atoms with Gasteiger partial charge in [0.15, 0.2) is 6.61 Å². The molecule has 0 spiro atoms. The number of carboxylic acid groups (broad SMARTS) is 1. The summed E-state index contributed by atoms with van der Waals surface area (Å²) in [6, 6.07) is 6.70. The third-order valence-electron chi connectivity index (χ3n) is 4.86. The summed E-state index contributed by atoms with van der Waals surface area (Å²) >= 11 is 0. The lowest BCUT2D eigenvalue weighted by Gasteiger charge is -2.33. The van der Waals surface area contributed by atoms with Crippen molar-refractivity contribution >= 4 is 11.9 Å². The van der Waals surface area contributed by atoms with Crippen LogP contribution in [0, 0.1) is 0 Å². The molecule has 6 heteroatoms. The van der Waals surface area contributed by atoms with Crippen molar-refractivity contribution in [2.24, 2.45) is 0 Å². The SMILES string of the molecule is O=C(O)COc1cccc(C(=O)N2CCC(OC3CCCC3)CC2)c1. The number of piperidine rings is 1. The molecular formula is C19H25NO5. The van der Waals surface area contributed by atoms with Gasteiger partial charge in [-0.05, 0) is 43.9 Å². The van der Waals surface area contributed by atoms with Gasteiger partial charge in [0, 0.05) is 18.7 Å². The van der Waals surface area contributed by atoms with Crippen LogP contribution in [0.5, 0.6) is 5.75 Å². The Bertz CT molecular complexity index is 604. The second-order valence-electron chi connectivity index (χ2n) is 6.74. The molecule has 25 heavy (non-hydrogen) atoms. The van der Waals surface area contributed by atoms with Crippen LogP contribution in [0.2, 0.25) is 0 Å². The Balaban J connectivity index is 1.51. The molecule has 1 aromatic carbocycles. The molecule has 2 aliphatic rings.